The van der Waals surface area contributed by atoms with Gasteiger partial charge in [0, 0.05) is 11.6 Å². The molecule has 0 heterocycles. The number of unbranched alkanes of at least 4 members (excludes halogenated alkanes) is 1. The Balaban J connectivity index is 2.12. The van der Waals surface area contributed by atoms with Gasteiger partial charge in [-0.15, -0.1) is 0 Å². The molecule has 0 amide bonds. The Morgan fingerprint density at radius 2 is 1.81 bits per heavy atom. The monoisotopic (exact) mass is 303 g/mol. The molecule has 0 aliphatic rings. The van der Waals surface area contributed by atoms with E-state index in [1.807, 2.05) is 42.5 Å². The van der Waals surface area contributed by atoms with Gasteiger partial charge in [-0.25, -0.2) is 0 Å². The van der Waals surface area contributed by atoms with Crippen LogP contribution in [0.15, 0.2) is 48.5 Å². The number of nitrogens with one attached hydrogen (secondary N) is 1. The Hall–Kier alpha value is -1.35. The van der Waals surface area contributed by atoms with Gasteiger partial charge >= 0.3 is 0 Å². The van der Waals surface area contributed by atoms with Crippen molar-refractivity contribution in [3.05, 3.63) is 70.2 Å². The van der Waals surface area contributed by atoms with E-state index in [1.54, 1.807) is 0 Å². The fourth-order valence-corrected chi connectivity index (χ4v) is 2.44. The predicted molar refractivity (Wildman–Crippen MR) is 88.6 cm³/mol. The Morgan fingerprint density at radius 3 is 2.52 bits per heavy atom. The zero-order valence-electron chi connectivity index (χ0n) is 12.3. The normalized spacial score (nSPS) is 12.3. The van der Waals surface area contributed by atoms with Crippen molar-refractivity contribution in [1.29, 1.82) is 0 Å². The summed E-state index contributed by atoms with van der Waals surface area (Å²) >= 11 is 5.90. The van der Waals surface area contributed by atoms with Crippen LogP contribution in [0.25, 0.3) is 0 Å². The minimum atomic E-state index is -0.619. The van der Waals surface area contributed by atoms with Gasteiger partial charge in [-0.05, 0) is 41.8 Å². The quantitative estimate of drug-likeness (QED) is 0.747. The van der Waals surface area contributed by atoms with Crippen LogP contribution in [-0.4, -0.2) is 11.7 Å². The van der Waals surface area contributed by atoms with E-state index in [4.69, 9.17) is 11.6 Å². The zero-order chi connectivity index (χ0) is 15.1. The van der Waals surface area contributed by atoms with Crippen LogP contribution in [-0.2, 0) is 6.54 Å². The molecule has 2 aromatic rings. The van der Waals surface area contributed by atoms with Gasteiger partial charge in [0.2, 0.25) is 0 Å². The molecule has 2 N–H and O–H groups in total. The number of aliphatic hydroxyl groups is 1. The highest BCUT2D eigenvalue weighted by Gasteiger charge is 2.13. The van der Waals surface area contributed by atoms with E-state index >= 15 is 0 Å². The average Bonchev–Trinajstić information content (AvgIpc) is 2.52. The van der Waals surface area contributed by atoms with Crippen molar-refractivity contribution in [2.75, 3.05) is 6.54 Å². The van der Waals surface area contributed by atoms with Crippen LogP contribution in [0, 0.1) is 0 Å². The Kier molecular flexibility index (Phi) is 6.24. The van der Waals surface area contributed by atoms with Crippen molar-refractivity contribution in [1.82, 2.24) is 5.32 Å². The fraction of sp³-hybridized carbons (Fsp3) is 0.333. The summed E-state index contributed by atoms with van der Waals surface area (Å²) in [5.41, 5.74) is 2.94. The third-order valence-electron chi connectivity index (χ3n) is 3.56. The standard InChI is InChI=1S/C18H22ClNO/c1-2-3-12-20-13-15-6-4-5-7-17(15)18(21)14-8-10-16(19)11-9-14/h4-11,18,20-21H,2-3,12-13H2,1H3. The van der Waals surface area contributed by atoms with Gasteiger partial charge < -0.3 is 10.4 Å². The minimum Gasteiger partial charge on any atom is -0.384 e. The van der Waals surface area contributed by atoms with E-state index < -0.39 is 6.10 Å². The third-order valence-corrected chi connectivity index (χ3v) is 3.81. The first-order valence-electron chi connectivity index (χ1n) is 7.44. The van der Waals surface area contributed by atoms with Crippen LogP contribution in [0.3, 0.4) is 0 Å². The first-order valence-corrected chi connectivity index (χ1v) is 7.82. The molecule has 2 aromatic carbocycles. The molecule has 21 heavy (non-hydrogen) atoms. The van der Waals surface area contributed by atoms with Crippen molar-refractivity contribution >= 4 is 11.6 Å². The van der Waals surface area contributed by atoms with E-state index in [1.165, 1.54) is 12.8 Å². The molecule has 1 atom stereocenters. The predicted octanol–water partition coefficient (Wildman–Crippen LogP) is 4.31. The van der Waals surface area contributed by atoms with Gasteiger partial charge in [-0.1, -0.05) is 61.3 Å². The first kappa shape index (κ1) is 16.0. The summed E-state index contributed by atoms with van der Waals surface area (Å²) in [4.78, 5) is 0. The molecule has 0 radical (unpaired) electrons. The Morgan fingerprint density at radius 1 is 1.10 bits per heavy atom. The lowest BCUT2D eigenvalue weighted by Crippen LogP contribution is -2.16. The minimum absolute atomic E-state index is 0.619. The molecule has 0 saturated carbocycles. The van der Waals surface area contributed by atoms with E-state index in [2.05, 4.69) is 18.3 Å². The van der Waals surface area contributed by atoms with Crippen molar-refractivity contribution in [3.63, 3.8) is 0 Å². The third kappa shape index (κ3) is 4.57. The average molecular weight is 304 g/mol. The van der Waals surface area contributed by atoms with E-state index in [9.17, 15) is 5.11 Å². The molecule has 0 aromatic heterocycles. The summed E-state index contributed by atoms with van der Waals surface area (Å²) in [6.45, 7) is 3.96. The highest BCUT2D eigenvalue weighted by Crippen LogP contribution is 2.26. The van der Waals surface area contributed by atoms with Gasteiger partial charge in [0.1, 0.15) is 6.10 Å². The molecule has 3 heteroatoms. The first-order chi connectivity index (χ1) is 10.2. The number of halogens is 1. The summed E-state index contributed by atoms with van der Waals surface area (Å²) < 4.78 is 0. The highest BCUT2D eigenvalue weighted by atomic mass is 35.5. The fourth-order valence-electron chi connectivity index (χ4n) is 2.31. The molecule has 2 nitrogen and oxygen atoms in total. The van der Waals surface area contributed by atoms with Crippen molar-refractivity contribution in [2.45, 2.75) is 32.4 Å². The Bertz CT molecular complexity index is 553. The number of hydrogen-bond acceptors (Lipinski definition) is 2. The highest BCUT2D eigenvalue weighted by molar-refractivity contribution is 6.30. The molecule has 0 aliphatic carbocycles. The number of aliphatic hydroxyl groups excluding tert-OH is 1. The lowest BCUT2D eigenvalue weighted by Gasteiger charge is -2.16. The molecule has 0 fully saturated rings. The number of rotatable bonds is 7. The van der Waals surface area contributed by atoms with Crippen LogP contribution >= 0.6 is 11.6 Å². The van der Waals surface area contributed by atoms with E-state index in [0.717, 1.165) is 29.8 Å². The molecule has 0 bridgehead atoms. The number of benzene rings is 2. The van der Waals surface area contributed by atoms with Crippen molar-refractivity contribution in [2.24, 2.45) is 0 Å². The van der Waals surface area contributed by atoms with Gasteiger partial charge in [-0.3, -0.25) is 0 Å². The Labute approximate surface area is 131 Å². The topological polar surface area (TPSA) is 32.3 Å². The number of hydrogen-bond donors (Lipinski definition) is 2. The maximum atomic E-state index is 10.6. The molecule has 0 saturated heterocycles. The lowest BCUT2D eigenvalue weighted by molar-refractivity contribution is 0.219. The van der Waals surface area contributed by atoms with E-state index in [0.29, 0.717) is 5.02 Å². The zero-order valence-corrected chi connectivity index (χ0v) is 13.1. The summed E-state index contributed by atoms with van der Waals surface area (Å²) in [5, 5.41) is 14.7. The molecule has 1 unspecified atom stereocenters. The summed E-state index contributed by atoms with van der Waals surface area (Å²) in [6.07, 6.45) is 1.73. The van der Waals surface area contributed by atoms with Crippen LogP contribution in [0.4, 0.5) is 0 Å². The van der Waals surface area contributed by atoms with Crippen LogP contribution in [0.5, 0.6) is 0 Å². The van der Waals surface area contributed by atoms with Gasteiger partial charge in [0.05, 0.1) is 0 Å². The molecular weight excluding hydrogens is 282 g/mol. The molecule has 112 valence electrons. The van der Waals surface area contributed by atoms with Gasteiger partial charge in [0.15, 0.2) is 0 Å². The largest absolute Gasteiger partial charge is 0.384 e. The maximum Gasteiger partial charge on any atom is 0.104 e. The van der Waals surface area contributed by atoms with Crippen molar-refractivity contribution in [3.8, 4) is 0 Å². The molecule has 0 aliphatic heterocycles. The summed E-state index contributed by atoms with van der Waals surface area (Å²) in [5.74, 6) is 0. The molecule has 2 rings (SSSR count). The summed E-state index contributed by atoms with van der Waals surface area (Å²) in [6, 6.07) is 15.4. The molecular formula is C18H22ClNO. The van der Waals surface area contributed by atoms with Gasteiger partial charge in [0.25, 0.3) is 0 Å². The van der Waals surface area contributed by atoms with Crippen LogP contribution in [0.1, 0.15) is 42.6 Å². The van der Waals surface area contributed by atoms with Crippen molar-refractivity contribution < 1.29 is 5.11 Å². The second-order valence-corrected chi connectivity index (χ2v) is 5.62. The van der Waals surface area contributed by atoms with E-state index in [-0.39, 0.29) is 0 Å². The van der Waals surface area contributed by atoms with Gasteiger partial charge in [-0.2, -0.15) is 0 Å². The molecule has 0 spiro atoms. The second kappa shape index (κ2) is 8.18. The SMILES string of the molecule is CCCCNCc1ccccc1C(O)c1ccc(Cl)cc1. The summed E-state index contributed by atoms with van der Waals surface area (Å²) in [7, 11) is 0. The van der Waals surface area contributed by atoms with Crippen LogP contribution in [0.2, 0.25) is 5.02 Å². The second-order valence-electron chi connectivity index (χ2n) is 5.18. The maximum absolute atomic E-state index is 10.6. The lowest BCUT2D eigenvalue weighted by atomic mass is 9.97. The smallest absolute Gasteiger partial charge is 0.104 e. The van der Waals surface area contributed by atoms with Crippen LogP contribution < -0.4 is 5.32 Å².